The maximum Gasteiger partial charge on any atom is 0.114 e. The van der Waals surface area contributed by atoms with E-state index in [1.165, 1.54) is 44.2 Å². The molecule has 3 aliphatic rings. The van der Waals surface area contributed by atoms with E-state index in [2.05, 4.69) is 118 Å². The van der Waals surface area contributed by atoms with Crippen molar-refractivity contribution in [2.75, 3.05) is 0 Å². The Morgan fingerprint density at radius 3 is 2.41 bits per heavy atom. The summed E-state index contributed by atoms with van der Waals surface area (Å²) in [4.78, 5) is 0. The summed E-state index contributed by atoms with van der Waals surface area (Å²) in [6, 6.07) is 24.7. The van der Waals surface area contributed by atoms with Crippen molar-refractivity contribution in [3.63, 3.8) is 0 Å². The molecule has 6 rings (SSSR count). The van der Waals surface area contributed by atoms with Crippen LogP contribution in [0.25, 0.3) is 16.0 Å². The first-order chi connectivity index (χ1) is 16.5. The first kappa shape index (κ1) is 21.4. The first-order valence-corrected chi connectivity index (χ1v) is 15.5. The van der Waals surface area contributed by atoms with Gasteiger partial charge in [0, 0.05) is 5.92 Å². The zero-order valence-electron chi connectivity index (χ0n) is 20.7. The molecular weight excluding hydrogens is 424 g/mol. The number of rotatable bonds is 3. The third-order valence-corrected chi connectivity index (χ3v) is 11.9. The molecule has 3 aliphatic carbocycles. The van der Waals surface area contributed by atoms with Crippen LogP contribution in [0.5, 0.6) is 0 Å². The lowest BCUT2D eigenvalue weighted by Gasteiger charge is -2.32. The van der Waals surface area contributed by atoms with E-state index in [0.29, 0.717) is 5.92 Å². The van der Waals surface area contributed by atoms with Gasteiger partial charge in [0.05, 0.1) is 0 Å². The molecule has 0 heterocycles. The number of hydrogen-bond donors (Lipinski definition) is 0. The standard InChI is InChI=1S/C33H32Si/c1-22-20-26-19-18-25-14-8-9-16-28(25)31(26)33(22)34(3,4)32-23(2)21-30-27(15-10-11-17-29(30)32)24-12-6-5-7-13-24/h5-14,16-19,21,27H,15,20H2,1-4H3. The highest BCUT2D eigenvalue weighted by Gasteiger charge is 2.42. The Bertz CT molecular complexity index is 1470. The molecule has 1 atom stereocenters. The molecule has 168 valence electrons. The lowest BCUT2D eigenvalue weighted by Crippen LogP contribution is -2.33. The quantitative estimate of drug-likeness (QED) is 0.345. The van der Waals surface area contributed by atoms with Crippen molar-refractivity contribution in [3.05, 3.63) is 135 Å². The SMILES string of the molecule is CC1=C([Si](C)(C)C2=C(C)Cc3ccc4ccccc4c32)C2=CC=CCC(c3ccccc3)C2=C1. The molecular formula is C33H32Si. The summed E-state index contributed by atoms with van der Waals surface area (Å²) in [6.45, 7) is 9.91. The van der Waals surface area contributed by atoms with Gasteiger partial charge in [0.2, 0.25) is 0 Å². The smallest absolute Gasteiger partial charge is 0.0836 e. The molecule has 0 aliphatic heterocycles. The molecule has 0 radical (unpaired) electrons. The van der Waals surface area contributed by atoms with Gasteiger partial charge >= 0.3 is 0 Å². The third kappa shape index (κ3) is 3.18. The lowest BCUT2D eigenvalue weighted by molar-refractivity contribution is 0.827. The summed E-state index contributed by atoms with van der Waals surface area (Å²) in [5.41, 5.74) is 10.5. The van der Waals surface area contributed by atoms with Gasteiger partial charge in [-0.2, -0.15) is 0 Å². The van der Waals surface area contributed by atoms with Crippen LogP contribution in [0.4, 0.5) is 0 Å². The molecule has 3 aromatic rings. The second-order valence-electron chi connectivity index (χ2n) is 10.6. The molecule has 1 unspecified atom stereocenters. The van der Waals surface area contributed by atoms with Gasteiger partial charge in [-0.1, -0.05) is 115 Å². The van der Waals surface area contributed by atoms with Gasteiger partial charge in [-0.15, -0.1) is 0 Å². The number of allylic oxidation sites excluding steroid dienone is 9. The molecule has 0 aromatic heterocycles. The molecule has 3 aromatic carbocycles. The molecule has 1 heteroatoms. The van der Waals surface area contributed by atoms with Crippen LogP contribution in [0.1, 0.15) is 42.9 Å². The normalized spacial score (nSPS) is 19.8. The summed E-state index contributed by atoms with van der Waals surface area (Å²) < 4.78 is 0. The van der Waals surface area contributed by atoms with Crippen molar-refractivity contribution in [2.24, 2.45) is 0 Å². The van der Waals surface area contributed by atoms with Gasteiger partial charge in [-0.25, -0.2) is 0 Å². The highest BCUT2D eigenvalue weighted by Crippen LogP contribution is 2.51. The minimum Gasteiger partial charge on any atom is -0.0836 e. The second kappa shape index (κ2) is 7.96. The first-order valence-electron chi connectivity index (χ1n) is 12.5. The average molecular weight is 457 g/mol. The van der Waals surface area contributed by atoms with Crippen molar-refractivity contribution in [2.45, 2.75) is 45.7 Å². The van der Waals surface area contributed by atoms with Gasteiger partial charge < -0.3 is 0 Å². The van der Waals surface area contributed by atoms with Gasteiger partial charge in [0.15, 0.2) is 0 Å². The highest BCUT2D eigenvalue weighted by atomic mass is 28.3. The molecule has 0 spiro atoms. The predicted molar refractivity (Wildman–Crippen MR) is 150 cm³/mol. The Morgan fingerprint density at radius 1 is 0.824 bits per heavy atom. The maximum atomic E-state index is 2.59. The van der Waals surface area contributed by atoms with Crippen LogP contribution in [0, 0.1) is 0 Å². The lowest BCUT2D eigenvalue weighted by atomic mass is 9.86. The van der Waals surface area contributed by atoms with Crippen LogP contribution in [-0.4, -0.2) is 8.07 Å². The van der Waals surface area contributed by atoms with E-state index >= 15 is 0 Å². The van der Waals surface area contributed by atoms with Gasteiger partial charge in [0.25, 0.3) is 0 Å². The molecule has 0 fully saturated rings. The van der Waals surface area contributed by atoms with Crippen LogP contribution in [0.15, 0.2) is 119 Å². The Morgan fingerprint density at radius 2 is 1.59 bits per heavy atom. The zero-order valence-corrected chi connectivity index (χ0v) is 21.7. The molecule has 0 bridgehead atoms. The largest absolute Gasteiger partial charge is 0.114 e. The molecule has 0 saturated carbocycles. The molecule has 0 nitrogen and oxygen atoms in total. The second-order valence-corrected chi connectivity index (χ2v) is 14.9. The summed E-state index contributed by atoms with van der Waals surface area (Å²) in [5.74, 6) is 0.426. The Balaban J connectivity index is 1.49. The van der Waals surface area contributed by atoms with E-state index in [9.17, 15) is 0 Å². The summed E-state index contributed by atoms with van der Waals surface area (Å²) in [5, 5.41) is 6.07. The van der Waals surface area contributed by atoms with Gasteiger partial charge in [-0.3, -0.25) is 0 Å². The summed E-state index contributed by atoms with van der Waals surface area (Å²) >= 11 is 0. The van der Waals surface area contributed by atoms with Crippen molar-refractivity contribution < 1.29 is 0 Å². The van der Waals surface area contributed by atoms with E-state index in [1.807, 2.05) is 0 Å². The minimum atomic E-state index is -1.99. The van der Waals surface area contributed by atoms with E-state index in [-0.39, 0.29) is 0 Å². The minimum absolute atomic E-state index is 0.426. The Hall–Kier alpha value is -3.16. The van der Waals surface area contributed by atoms with Crippen LogP contribution >= 0.6 is 0 Å². The summed E-state index contributed by atoms with van der Waals surface area (Å²) in [7, 11) is -1.99. The van der Waals surface area contributed by atoms with E-state index < -0.39 is 8.07 Å². The van der Waals surface area contributed by atoms with Gasteiger partial charge in [0.1, 0.15) is 8.07 Å². The van der Waals surface area contributed by atoms with E-state index in [0.717, 1.165) is 12.8 Å². The van der Waals surface area contributed by atoms with Crippen molar-refractivity contribution in [3.8, 4) is 0 Å². The fourth-order valence-electron chi connectivity index (χ4n) is 6.86. The molecule has 0 N–H and O–H groups in total. The summed E-state index contributed by atoms with van der Waals surface area (Å²) in [6.07, 6.45) is 11.7. The highest BCUT2D eigenvalue weighted by molar-refractivity contribution is 7.01. The molecule has 0 saturated heterocycles. The number of hydrogen-bond acceptors (Lipinski definition) is 0. The Labute approximate surface area is 204 Å². The van der Waals surface area contributed by atoms with Gasteiger partial charge in [-0.05, 0) is 75.7 Å². The Kier molecular flexibility index (Phi) is 5.00. The number of benzene rings is 3. The van der Waals surface area contributed by atoms with Crippen molar-refractivity contribution >= 4 is 24.0 Å². The molecule has 0 amide bonds. The van der Waals surface area contributed by atoms with Crippen LogP contribution in [0.2, 0.25) is 13.1 Å². The third-order valence-electron chi connectivity index (χ3n) is 8.09. The van der Waals surface area contributed by atoms with Crippen molar-refractivity contribution in [1.29, 1.82) is 0 Å². The monoisotopic (exact) mass is 456 g/mol. The van der Waals surface area contributed by atoms with Crippen LogP contribution in [0.3, 0.4) is 0 Å². The fourth-order valence-corrected chi connectivity index (χ4v) is 11.1. The maximum absolute atomic E-state index is 2.59. The van der Waals surface area contributed by atoms with Crippen LogP contribution in [-0.2, 0) is 6.42 Å². The van der Waals surface area contributed by atoms with E-state index in [1.54, 1.807) is 16.0 Å². The molecule has 34 heavy (non-hydrogen) atoms. The number of fused-ring (bicyclic) bond motifs is 4. The average Bonchev–Trinajstić information content (AvgIpc) is 3.29. The van der Waals surface area contributed by atoms with E-state index in [4.69, 9.17) is 0 Å². The van der Waals surface area contributed by atoms with Crippen molar-refractivity contribution in [1.82, 2.24) is 0 Å². The fraction of sp³-hybridized carbons (Fsp3) is 0.212. The van der Waals surface area contributed by atoms with Crippen LogP contribution < -0.4 is 0 Å². The topological polar surface area (TPSA) is 0 Å². The zero-order chi connectivity index (χ0) is 23.4. The predicted octanol–water partition coefficient (Wildman–Crippen LogP) is 8.88.